The number of phenolic OH excluding ortho intramolecular Hbond substituents is 1. The molecule has 0 bridgehead atoms. The molecule has 0 saturated heterocycles. The standard InChI is InChI=1S/C15H16O6/c1-8(16)21-13-10-6-5-9(18-2)7-11(10)12(17)14(19-3)15(13)20-4/h5-7,17H,1-4H3. The molecular formula is C15H16O6. The summed E-state index contributed by atoms with van der Waals surface area (Å²) in [5.41, 5.74) is 0. The summed E-state index contributed by atoms with van der Waals surface area (Å²) in [7, 11) is 4.31. The van der Waals surface area contributed by atoms with Gasteiger partial charge in [0.25, 0.3) is 0 Å². The van der Waals surface area contributed by atoms with Crippen LogP contribution in [0.3, 0.4) is 0 Å². The number of benzene rings is 2. The zero-order chi connectivity index (χ0) is 15.6. The van der Waals surface area contributed by atoms with E-state index in [1.807, 2.05) is 0 Å². The van der Waals surface area contributed by atoms with Gasteiger partial charge in [-0.3, -0.25) is 4.79 Å². The number of aromatic hydroxyl groups is 1. The van der Waals surface area contributed by atoms with Crippen LogP contribution in [0.5, 0.6) is 28.7 Å². The zero-order valence-electron chi connectivity index (χ0n) is 12.2. The molecule has 0 aromatic heterocycles. The maximum absolute atomic E-state index is 11.3. The minimum absolute atomic E-state index is 0.0921. The summed E-state index contributed by atoms with van der Waals surface area (Å²) in [6, 6.07) is 4.99. The molecule has 0 aliphatic carbocycles. The molecular weight excluding hydrogens is 276 g/mol. The second-order valence-corrected chi connectivity index (χ2v) is 4.25. The van der Waals surface area contributed by atoms with Gasteiger partial charge in [-0.1, -0.05) is 0 Å². The van der Waals surface area contributed by atoms with Crippen LogP contribution in [-0.2, 0) is 4.79 Å². The van der Waals surface area contributed by atoms with Crippen LogP contribution in [0.25, 0.3) is 10.8 Å². The van der Waals surface area contributed by atoms with Crippen molar-refractivity contribution in [1.29, 1.82) is 0 Å². The zero-order valence-corrected chi connectivity index (χ0v) is 12.2. The van der Waals surface area contributed by atoms with Crippen molar-refractivity contribution in [1.82, 2.24) is 0 Å². The fraction of sp³-hybridized carbons (Fsp3) is 0.267. The number of ether oxygens (including phenoxy) is 4. The number of carbonyl (C=O) groups is 1. The largest absolute Gasteiger partial charge is 0.504 e. The predicted molar refractivity (Wildman–Crippen MR) is 76.6 cm³/mol. The second kappa shape index (κ2) is 5.78. The number of esters is 1. The molecule has 0 aliphatic rings. The quantitative estimate of drug-likeness (QED) is 0.689. The molecule has 0 unspecified atom stereocenters. The van der Waals surface area contributed by atoms with Crippen molar-refractivity contribution in [2.45, 2.75) is 6.92 Å². The van der Waals surface area contributed by atoms with Crippen molar-refractivity contribution in [2.24, 2.45) is 0 Å². The molecule has 0 saturated carbocycles. The molecule has 21 heavy (non-hydrogen) atoms. The predicted octanol–water partition coefficient (Wildman–Crippen LogP) is 2.50. The molecule has 2 aromatic carbocycles. The Bertz CT molecular complexity index is 692. The third kappa shape index (κ3) is 2.52. The lowest BCUT2D eigenvalue weighted by Crippen LogP contribution is -2.05. The Kier molecular flexibility index (Phi) is 4.07. The van der Waals surface area contributed by atoms with E-state index in [1.165, 1.54) is 28.3 Å². The van der Waals surface area contributed by atoms with E-state index in [4.69, 9.17) is 18.9 Å². The summed E-state index contributed by atoms with van der Waals surface area (Å²) >= 11 is 0. The van der Waals surface area contributed by atoms with Crippen molar-refractivity contribution in [3.63, 3.8) is 0 Å². The van der Waals surface area contributed by atoms with E-state index < -0.39 is 5.97 Å². The van der Waals surface area contributed by atoms with Gasteiger partial charge in [0.15, 0.2) is 11.5 Å². The third-order valence-corrected chi connectivity index (χ3v) is 3.01. The van der Waals surface area contributed by atoms with Gasteiger partial charge in [-0.2, -0.15) is 0 Å². The highest BCUT2D eigenvalue weighted by molar-refractivity contribution is 6.00. The Morgan fingerprint density at radius 3 is 2.14 bits per heavy atom. The molecule has 0 spiro atoms. The van der Waals surface area contributed by atoms with Crippen LogP contribution in [0.1, 0.15) is 6.92 Å². The summed E-state index contributed by atoms with van der Waals surface area (Å²) in [5, 5.41) is 11.3. The van der Waals surface area contributed by atoms with Crippen LogP contribution in [0, 0.1) is 0 Å². The molecule has 2 rings (SSSR count). The van der Waals surface area contributed by atoms with Gasteiger partial charge in [0.05, 0.1) is 21.3 Å². The smallest absolute Gasteiger partial charge is 0.308 e. The van der Waals surface area contributed by atoms with Crippen LogP contribution in [-0.4, -0.2) is 32.4 Å². The van der Waals surface area contributed by atoms with E-state index in [2.05, 4.69) is 0 Å². The number of methoxy groups -OCH3 is 3. The monoisotopic (exact) mass is 292 g/mol. The van der Waals surface area contributed by atoms with Gasteiger partial charge < -0.3 is 24.1 Å². The molecule has 0 fully saturated rings. The first-order chi connectivity index (χ1) is 10.0. The number of carbonyl (C=O) groups excluding carboxylic acids is 1. The van der Waals surface area contributed by atoms with Crippen LogP contribution in [0.4, 0.5) is 0 Å². The lowest BCUT2D eigenvalue weighted by molar-refractivity contribution is -0.131. The molecule has 6 heteroatoms. The number of rotatable bonds is 4. The highest BCUT2D eigenvalue weighted by atomic mass is 16.6. The van der Waals surface area contributed by atoms with Gasteiger partial charge >= 0.3 is 5.97 Å². The number of hydrogen-bond acceptors (Lipinski definition) is 6. The Labute approximate surface area is 121 Å². The molecule has 0 aliphatic heterocycles. The van der Waals surface area contributed by atoms with Crippen LogP contribution < -0.4 is 18.9 Å². The van der Waals surface area contributed by atoms with Gasteiger partial charge in [-0.15, -0.1) is 0 Å². The minimum atomic E-state index is -0.502. The highest BCUT2D eigenvalue weighted by Gasteiger charge is 2.23. The Hall–Kier alpha value is -2.63. The van der Waals surface area contributed by atoms with Crippen LogP contribution >= 0.6 is 0 Å². The molecule has 2 aromatic rings. The topological polar surface area (TPSA) is 74.2 Å². The normalized spacial score (nSPS) is 10.3. The van der Waals surface area contributed by atoms with Gasteiger partial charge in [0.1, 0.15) is 5.75 Å². The van der Waals surface area contributed by atoms with Crippen molar-refractivity contribution in [3.05, 3.63) is 18.2 Å². The van der Waals surface area contributed by atoms with Gasteiger partial charge in [-0.25, -0.2) is 0 Å². The Balaban J connectivity index is 2.88. The van der Waals surface area contributed by atoms with Crippen LogP contribution in [0.2, 0.25) is 0 Å². The van der Waals surface area contributed by atoms with Crippen LogP contribution in [0.15, 0.2) is 18.2 Å². The van der Waals surface area contributed by atoms with Gasteiger partial charge in [-0.05, 0) is 18.2 Å². The molecule has 6 nitrogen and oxygen atoms in total. The van der Waals surface area contributed by atoms with Crippen molar-refractivity contribution in [3.8, 4) is 28.7 Å². The van der Waals surface area contributed by atoms with E-state index in [0.717, 1.165) is 0 Å². The molecule has 0 heterocycles. The van der Waals surface area contributed by atoms with E-state index in [0.29, 0.717) is 16.5 Å². The second-order valence-electron chi connectivity index (χ2n) is 4.25. The summed E-state index contributed by atoms with van der Waals surface area (Å²) in [5.74, 6) is 0.380. The Morgan fingerprint density at radius 2 is 1.62 bits per heavy atom. The third-order valence-electron chi connectivity index (χ3n) is 3.01. The van der Waals surface area contributed by atoms with E-state index in [9.17, 15) is 9.90 Å². The van der Waals surface area contributed by atoms with Crippen molar-refractivity contribution >= 4 is 16.7 Å². The lowest BCUT2D eigenvalue weighted by Gasteiger charge is -2.17. The van der Waals surface area contributed by atoms with Crippen molar-refractivity contribution in [2.75, 3.05) is 21.3 Å². The number of hydrogen-bond donors (Lipinski definition) is 1. The molecule has 1 N–H and O–H groups in total. The average Bonchev–Trinajstić information content (AvgIpc) is 2.48. The van der Waals surface area contributed by atoms with Gasteiger partial charge in [0.2, 0.25) is 11.5 Å². The summed E-state index contributed by atoms with van der Waals surface area (Å²) < 4.78 is 20.7. The average molecular weight is 292 g/mol. The number of fused-ring (bicyclic) bond motifs is 1. The minimum Gasteiger partial charge on any atom is -0.504 e. The maximum atomic E-state index is 11.3. The summed E-state index contributed by atoms with van der Waals surface area (Å²) in [6.45, 7) is 1.29. The first-order valence-electron chi connectivity index (χ1n) is 6.16. The molecule has 0 atom stereocenters. The Morgan fingerprint density at radius 1 is 0.952 bits per heavy atom. The van der Waals surface area contributed by atoms with E-state index in [1.54, 1.807) is 18.2 Å². The van der Waals surface area contributed by atoms with Gasteiger partial charge in [0, 0.05) is 17.7 Å². The molecule has 0 amide bonds. The fourth-order valence-corrected chi connectivity index (χ4v) is 2.12. The first kappa shape index (κ1) is 14.8. The summed E-state index contributed by atoms with van der Waals surface area (Å²) in [4.78, 5) is 11.3. The molecule has 112 valence electrons. The lowest BCUT2D eigenvalue weighted by atomic mass is 10.1. The summed E-state index contributed by atoms with van der Waals surface area (Å²) in [6.07, 6.45) is 0. The van der Waals surface area contributed by atoms with Crippen molar-refractivity contribution < 1.29 is 28.8 Å². The van der Waals surface area contributed by atoms with E-state index >= 15 is 0 Å². The maximum Gasteiger partial charge on any atom is 0.308 e. The number of phenols is 1. The first-order valence-corrected chi connectivity index (χ1v) is 6.16. The fourth-order valence-electron chi connectivity index (χ4n) is 2.12. The highest BCUT2D eigenvalue weighted by Crippen LogP contribution is 2.51. The SMILES string of the molecule is COc1ccc2c(OC(C)=O)c(OC)c(OC)c(O)c2c1. The van der Waals surface area contributed by atoms with E-state index in [-0.39, 0.29) is 23.0 Å². The molecule has 0 radical (unpaired) electrons.